The lowest BCUT2D eigenvalue weighted by Gasteiger charge is -2.67. The first kappa shape index (κ1) is 31.9. The second-order valence-corrected chi connectivity index (χ2v) is 13.8. The SMILES string of the molecule is C=CC1O[C@H]2C[C@H]3OC[C@@]3(OC(C)=O)[C@H]3[C@H](OC(=O)c4ccccc4)[C@]4(C(C)(C)O)C[C@H](O)C(C)=C4[C@H](OC(C)=O)[C@H](O1)[C@]23C. The summed E-state index contributed by atoms with van der Waals surface area (Å²) in [5, 5.41) is 23.9. The molecule has 2 saturated heterocycles. The molecule has 11 atom stereocenters. The minimum atomic E-state index is -1.69. The van der Waals surface area contributed by atoms with Gasteiger partial charge in [0.1, 0.15) is 18.3 Å². The van der Waals surface area contributed by atoms with Gasteiger partial charge in [-0.2, -0.15) is 0 Å². The van der Waals surface area contributed by atoms with Gasteiger partial charge < -0.3 is 38.6 Å². The number of aliphatic hydroxyl groups is 2. The van der Waals surface area contributed by atoms with Crippen molar-refractivity contribution in [2.75, 3.05) is 6.61 Å². The molecular formula is C34H42O11. The van der Waals surface area contributed by atoms with Crippen molar-refractivity contribution >= 4 is 17.9 Å². The monoisotopic (exact) mass is 626 g/mol. The Morgan fingerprint density at radius 3 is 2.31 bits per heavy atom. The van der Waals surface area contributed by atoms with Crippen LogP contribution >= 0.6 is 0 Å². The Balaban J connectivity index is 1.70. The van der Waals surface area contributed by atoms with Crippen molar-refractivity contribution in [2.24, 2.45) is 16.7 Å². The van der Waals surface area contributed by atoms with Crippen LogP contribution in [-0.4, -0.2) is 88.8 Å². The van der Waals surface area contributed by atoms with Gasteiger partial charge in [0.05, 0.1) is 41.3 Å². The van der Waals surface area contributed by atoms with E-state index in [9.17, 15) is 24.6 Å². The molecule has 2 N–H and O–H groups in total. The first-order valence-corrected chi connectivity index (χ1v) is 15.4. The maximum atomic E-state index is 14.1. The lowest BCUT2D eigenvalue weighted by atomic mass is 9.49. The standard InChI is InChI=1S/C34H42O11/c1-8-24-42-22-14-23-34(16-40-23,45-19(4)36)27-29(44-30(38)20-12-10-9-11-13-20)33(31(5,6)39)15-21(37)17(2)25(33)26(41-18(3)35)28(43-24)32(22,27)7/h8-13,21-24,26-29,37,39H,1,14-16H2,2-7H3/t21-,22-,23+,24?,26-,27-,28-,29-,32+,33-,34-/m0/s1. The summed E-state index contributed by atoms with van der Waals surface area (Å²) in [5.74, 6) is -2.77. The van der Waals surface area contributed by atoms with Gasteiger partial charge in [-0.15, -0.1) is 0 Å². The summed E-state index contributed by atoms with van der Waals surface area (Å²) < 4.78 is 38.1. The molecule has 11 heteroatoms. The summed E-state index contributed by atoms with van der Waals surface area (Å²) in [6, 6.07) is 8.44. The van der Waals surface area contributed by atoms with Gasteiger partial charge in [0.2, 0.25) is 0 Å². The first-order valence-electron chi connectivity index (χ1n) is 15.4. The van der Waals surface area contributed by atoms with Gasteiger partial charge in [-0.25, -0.2) is 4.79 Å². The van der Waals surface area contributed by atoms with Crippen molar-refractivity contribution in [3.63, 3.8) is 0 Å². The molecule has 6 rings (SSSR count). The molecule has 2 saturated carbocycles. The Hall–Kier alpha value is -3.09. The van der Waals surface area contributed by atoms with Gasteiger partial charge in [0, 0.05) is 25.7 Å². The highest BCUT2D eigenvalue weighted by Crippen LogP contribution is 2.69. The highest BCUT2D eigenvalue weighted by atomic mass is 16.7. The van der Waals surface area contributed by atoms with E-state index in [-0.39, 0.29) is 18.6 Å². The number of carbonyl (C=O) groups is 3. The molecule has 4 fully saturated rings. The van der Waals surface area contributed by atoms with E-state index in [1.807, 2.05) is 6.92 Å². The van der Waals surface area contributed by atoms with Crippen molar-refractivity contribution in [2.45, 2.75) is 108 Å². The van der Waals surface area contributed by atoms with E-state index in [0.29, 0.717) is 17.6 Å². The van der Waals surface area contributed by atoms with Crippen LogP contribution in [0.3, 0.4) is 0 Å². The zero-order valence-corrected chi connectivity index (χ0v) is 26.5. The van der Waals surface area contributed by atoms with Crippen molar-refractivity contribution in [3.05, 3.63) is 59.7 Å². The Bertz CT molecular complexity index is 1430. The van der Waals surface area contributed by atoms with E-state index in [4.69, 9.17) is 28.4 Å². The lowest BCUT2D eigenvalue weighted by Crippen LogP contribution is -2.80. The van der Waals surface area contributed by atoms with Gasteiger partial charge in [0.15, 0.2) is 18.0 Å². The van der Waals surface area contributed by atoms with Crippen molar-refractivity contribution in [1.82, 2.24) is 0 Å². The van der Waals surface area contributed by atoms with Crippen LogP contribution in [0, 0.1) is 16.7 Å². The van der Waals surface area contributed by atoms with E-state index >= 15 is 0 Å². The van der Waals surface area contributed by atoms with Crippen LogP contribution in [0.5, 0.6) is 0 Å². The quantitative estimate of drug-likeness (QED) is 0.273. The fourth-order valence-corrected chi connectivity index (χ4v) is 9.10. The zero-order chi connectivity index (χ0) is 32.7. The summed E-state index contributed by atoms with van der Waals surface area (Å²) in [6.45, 7) is 13.2. The second kappa shape index (κ2) is 10.7. The molecule has 1 aromatic carbocycles. The Morgan fingerprint density at radius 2 is 1.76 bits per heavy atom. The molecule has 1 unspecified atom stereocenters. The number of hydrogen-bond acceptors (Lipinski definition) is 11. The molecule has 5 aliphatic rings. The molecule has 3 aliphatic carbocycles. The van der Waals surface area contributed by atoms with Crippen LogP contribution in [0.4, 0.5) is 0 Å². The molecule has 244 valence electrons. The zero-order valence-electron chi connectivity index (χ0n) is 26.5. The number of esters is 3. The second-order valence-electron chi connectivity index (χ2n) is 13.8. The molecule has 0 spiro atoms. The molecule has 0 amide bonds. The summed E-state index contributed by atoms with van der Waals surface area (Å²) >= 11 is 0. The largest absolute Gasteiger partial charge is 0.457 e. The smallest absolute Gasteiger partial charge is 0.338 e. The number of aliphatic hydroxyl groups excluding tert-OH is 1. The summed E-state index contributed by atoms with van der Waals surface area (Å²) in [6.07, 6.45) is -4.87. The molecule has 0 aromatic heterocycles. The van der Waals surface area contributed by atoms with Crippen LogP contribution in [0.25, 0.3) is 0 Å². The molecule has 2 aliphatic heterocycles. The van der Waals surface area contributed by atoms with Gasteiger partial charge in [-0.3, -0.25) is 9.59 Å². The molecule has 11 nitrogen and oxygen atoms in total. The topological polar surface area (TPSA) is 147 Å². The Labute approximate surface area is 262 Å². The highest BCUT2D eigenvalue weighted by molar-refractivity contribution is 5.89. The molecular weight excluding hydrogens is 584 g/mol. The third-order valence-electron chi connectivity index (χ3n) is 11.0. The number of carbonyl (C=O) groups excluding carboxylic acids is 3. The maximum Gasteiger partial charge on any atom is 0.338 e. The van der Waals surface area contributed by atoms with Crippen molar-refractivity contribution < 1.29 is 53.0 Å². The third-order valence-corrected chi connectivity index (χ3v) is 11.0. The molecule has 2 heterocycles. The fraction of sp³-hybridized carbons (Fsp3) is 0.618. The van der Waals surface area contributed by atoms with Crippen LogP contribution in [0.2, 0.25) is 0 Å². The predicted octanol–water partition coefficient (Wildman–Crippen LogP) is 3.02. The predicted molar refractivity (Wildman–Crippen MR) is 157 cm³/mol. The summed E-state index contributed by atoms with van der Waals surface area (Å²) in [4.78, 5) is 39.8. The van der Waals surface area contributed by atoms with E-state index in [2.05, 4.69) is 6.58 Å². The highest BCUT2D eigenvalue weighted by Gasteiger charge is 2.80. The minimum Gasteiger partial charge on any atom is -0.457 e. The number of fused-ring (bicyclic) bond motifs is 3. The van der Waals surface area contributed by atoms with Gasteiger partial charge >= 0.3 is 17.9 Å². The third kappa shape index (κ3) is 4.46. The Morgan fingerprint density at radius 1 is 1.07 bits per heavy atom. The van der Waals surface area contributed by atoms with E-state index < -0.39 is 88.8 Å². The number of rotatable bonds is 6. The van der Waals surface area contributed by atoms with Gasteiger partial charge in [0.25, 0.3) is 0 Å². The van der Waals surface area contributed by atoms with E-state index in [1.54, 1.807) is 51.1 Å². The fourth-order valence-electron chi connectivity index (χ4n) is 9.10. The minimum absolute atomic E-state index is 0.0119. The molecule has 45 heavy (non-hydrogen) atoms. The first-order chi connectivity index (χ1) is 21.1. The van der Waals surface area contributed by atoms with E-state index in [0.717, 1.165) is 0 Å². The normalized spacial score (nSPS) is 41.8. The lowest BCUT2D eigenvalue weighted by molar-refractivity contribution is -0.392. The Kier molecular flexibility index (Phi) is 7.60. The van der Waals surface area contributed by atoms with E-state index in [1.165, 1.54) is 19.9 Å². The maximum absolute atomic E-state index is 14.1. The van der Waals surface area contributed by atoms with Gasteiger partial charge in [-0.1, -0.05) is 31.7 Å². The number of ether oxygens (including phenoxy) is 6. The average molecular weight is 627 g/mol. The number of hydrogen-bond donors (Lipinski definition) is 2. The van der Waals surface area contributed by atoms with Crippen LogP contribution < -0.4 is 0 Å². The van der Waals surface area contributed by atoms with Crippen LogP contribution in [0.15, 0.2) is 54.1 Å². The van der Waals surface area contributed by atoms with Crippen molar-refractivity contribution in [3.8, 4) is 0 Å². The summed E-state index contributed by atoms with van der Waals surface area (Å²) in [7, 11) is 0. The number of benzene rings is 1. The van der Waals surface area contributed by atoms with Crippen molar-refractivity contribution in [1.29, 1.82) is 0 Å². The van der Waals surface area contributed by atoms with Crippen LogP contribution in [0.1, 0.15) is 64.7 Å². The molecule has 1 aromatic rings. The summed E-state index contributed by atoms with van der Waals surface area (Å²) in [5.41, 5.74) is -4.58. The average Bonchev–Trinajstić information content (AvgIpc) is 3.20. The van der Waals surface area contributed by atoms with Gasteiger partial charge in [-0.05, 0) is 56.5 Å². The van der Waals surface area contributed by atoms with Crippen LogP contribution in [-0.2, 0) is 38.0 Å². The molecule has 0 radical (unpaired) electrons. The molecule has 0 bridgehead atoms.